The molecular weight excluding hydrogens is 184 g/mol. The van der Waals surface area contributed by atoms with Crippen LogP contribution in [0, 0.1) is 0 Å². The second-order valence-corrected chi connectivity index (χ2v) is 3.99. The van der Waals surface area contributed by atoms with E-state index in [1.807, 2.05) is 11.9 Å². The Labute approximate surface area is 84.0 Å². The van der Waals surface area contributed by atoms with Crippen molar-refractivity contribution in [2.75, 3.05) is 33.8 Å². The zero-order valence-electron chi connectivity index (χ0n) is 8.91. The van der Waals surface area contributed by atoms with Crippen LogP contribution < -0.4 is 5.32 Å². The third-order valence-electron chi connectivity index (χ3n) is 2.57. The van der Waals surface area contributed by atoms with Gasteiger partial charge in [0.1, 0.15) is 0 Å². The smallest absolute Gasteiger partial charge is 0.338 e. The van der Waals surface area contributed by atoms with Crippen molar-refractivity contribution >= 4 is 5.97 Å². The van der Waals surface area contributed by atoms with Gasteiger partial charge < -0.3 is 15.2 Å². The van der Waals surface area contributed by atoms with E-state index in [0.29, 0.717) is 12.6 Å². The van der Waals surface area contributed by atoms with E-state index in [4.69, 9.17) is 0 Å². The molecule has 5 heteroatoms. The number of nitrogens with zero attached hydrogens (tertiary/aromatic N) is 1. The van der Waals surface area contributed by atoms with Gasteiger partial charge in [0.15, 0.2) is 5.60 Å². The first kappa shape index (κ1) is 11.4. The molecule has 1 rings (SSSR count). The number of likely N-dealkylation sites (N-methyl/N-ethyl adjacent to an activating group) is 1. The maximum absolute atomic E-state index is 11.2. The van der Waals surface area contributed by atoms with E-state index in [1.165, 1.54) is 14.0 Å². The van der Waals surface area contributed by atoms with Gasteiger partial charge in [-0.2, -0.15) is 0 Å². The van der Waals surface area contributed by atoms with Crippen LogP contribution in [0.25, 0.3) is 0 Å². The van der Waals surface area contributed by atoms with Gasteiger partial charge in [-0.3, -0.25) is 4.90 Å². The van der Waals surface area contributed by atoms with Crippen LogP contribution in [-0.4, -0.2) is 61.4 Å². The first-order valence-corrected chi connectivity index (χ1v) is 4.69. The molecule has 14 heavy (non-hydrogen) atoms. The summed E-state index contributed by atoms with van der Waals surface area (Å²) in [5.74, 6) is -0.586. The Bertz CT molecular complexity index is 214. The number of hydrogen-bond donors (Lipinski definition) is 2. The lowest BCUT2D eigenvalue weighted by atomic mass is 10.0. The third kappa shape index (κ3) is 2.43. The highest BCUT2D eigenvalue weighted by atomic mass is 16.5. The first-order valence-electron chi connectivity index (χ1n) is 4.69. The molecule has 0 aromatic rings. The number of methoxy groups -OCH3 is 1. The highest BCUT2D eigenvalue weighted by molar-refractivity contribution is 5.78. The molecule has 2 N–H and O–H groups in total. The van der Waals surface area contributed by atoms with E-state index in [2.05, 4.69) is 10.1 Å². The summed E-state index contributed by atoms with van der Waals surface area (Å²) >= 11 is 0. The average Bonchev–Trinajstić information content (AvgIpc) is 1.98. The molecular formula is C9H18N2O3. The highest BCUT2D eigenvalue weighted by Gasteiger charge is 2.35. The summed E-state index contributed by atoms with van der Waals surface area (Å²) < 4.78 is 4.52. The Kier molecular flexibility index (Phi) is 3.47. The number of hydrogen-bond acceptors (Lipinski definition) is 5. The molecule has 1 aliphatic heterocycles. The number of esters is 1. The van der Waals surface area contributed by atoms with Crippen LogP contribution in [0.1, 0.15) is 6.92 Å². The van der Waals surface area contributed by atoms with Crippen LogP contribution in [-0.2, 0) is 9.53 Å². The van der Waals surface area contributed by atoms with E-state index in [1.54, 1.807) is 0 Å². The summed E-state index contributed by atoms with van der Waals surface area (Å²) in [5, 5.41) is 12.9. The maximum Gasteiger partial charge on any atom is 0.338 e. The van der Waals surface area contributed by atoms with Crippen molar-refractivity contribution in [1.29, 1.82) is 0 Å². The van der Waals surface area contributed by atoms with Gasteiger partial charge in [-0.15, -0.1) is 0 Å². The molecule has 1 atom stereocenters. The zero-order valence-corrected chi connectivity index (χ0v) is 8.91. The molecule has 0 aromatic carbocycles. The van der Waals surface area contributed by atoms with E-state index in [9.17, 15) is 9.90 Å². The summed E-state index contributed by atoms with van der Waals surface area (Å²) in [5.41, 5.74) is -1.42. The highest BCUT2D eigenvalue weighted by Crippen LogP contribution is 2.11. The number of carbonyl (C=O) groups excluding carboxylic acids is 1. The topological polar surface area (TPSA) is 61.8 Å². The van der Waals surface area contributed by atoms with Gasteiger partial charge in [0, 0.05) is 25.7 Å². The number of carbonyl (C=O) groups is 1. The molecule has 5 nitrogen and oxygen atoms in total. The molecule has 1 fully saturated rings. The second-order valence-electron chi connectivity index (χ2n) is 3.99. The van der Waals surface area contributed by atoms with Crippen LogP contribution >= 0.6 is 0 Å². The Morgan fingerprint density at radius 3 is 2.64 bits per heavy atom. The molecule has 0 radical (unpaired) electrons. The quantitative estimate of drug-likeness (QED) is 0.562. The van der Waals surface area contributed by atoms with Crippen molar-refractivity contribution in [3.8, 4) is 0 Å². The lowest BCUT2D eigenvalue weighted by Gasteiger charge is -2.38. The lowest BCUT2D eigenvalue weighted by Crippen LogP contribution is -2.59. The SMILES string of the molecule is COC(=O)C(C)(O)CN(C)C1CNC1. The molecule has 82 valence electrons. The largest absolute Gasteiger partial charge is 0.467 e. The Morgan fingerprint density at radius 2 is 2.29 bits per heavy atom. The van der Waals surface area contributed by atoms with Crippen molar-refractivity contribution in [2.24, 2.45) is 0 Å². The van der Waals surface area contributed by atoms with Crippen LogP contribution in [0.15, 0.2) is 0 Å². The van der Waals surface area contributed by atoms with Crippen molar-refractivity contribution in [3.05, 3.63) is 0 Å². The zero-order chi connectivity index (χ0) is 10.8. The van der Waals surface area contributed by atoms with Gasteiger partial charge in [0.2, 0.25) is 0 Å². The van der Waals surface area contributed by atoms with Gasteiger partial charge in [-0.25, -0.2) is 4.79 Å². The van der Waals surface area contributed by atoms with Gasteiger partial charge >= 0.3 is 5.97 Å². The van der Waals surface area contributed by atoms with Crippen LogP contribution in [0.4, 0.5) is 0 Å². The van der Waals surface area contributed by atoms with Gasteiger partial charge in [0.05, 0.1) is 7.11 Å². The Morgan fingerprint density at radius 1 is 1.71 bits per heavy atom. The molecule has 1 saturated heterocycles. The fourth-order valence-corrected chi connectivity index (χ4v) is 1.48. The van der Waals surface area contributed by atoms with E-state index in [0.717, 1.165) is 13.1 Å². The van der Waals surface area contributed by atoms with Crippen LogP contribution in [0.5, 0.6) is 0 Å². The molecule has 0 aromatic heterocycles. The van der Waals surface area contributed by atoms with Gasteiger partial charge in [0.25, 0.3) is 0 Å². The average molecular weight is 202 g/mol. The monoisotopic (exact) mass is 202 g/mol. The predicted octanol–water partition coefficient (Wildman–Crippen LogP) is -1.19. The van der Waals surface area contributed by atoms with Crippen molar-refractivity contribution in [2.45, 2.75) is 18.6 Å². The minimum Gasteiger partial charge on any atom is -0.467 e. The minimum atomic E-state index is -1.42. The molecule has 0 saturated carbocycles. The molecule has 0 spiro atoms. The Hall–Kier alpha value is -0.650. The summed E-state index contributed by atoms with van der Waals surface area (Å²) in [4.78, 5) is 13.1. The Balaban J connectivity index is 2.44. The molecule has 1 heterocycles. The molecule has 0 bridgehead atoms. The standard InChI is InChI=1S/C9H18N2O3/c1-9(13,8(12)14-3)6-11(2)7-4-10-5-7/h7,10,13H,4-6H2,1-3H3. The second kappa shape index (κ2) is 4.25. The number of ether oxygens (including phenoxy) is 1. The van der Waals surface area contributed by atoms with Gasteiger partial charge in [-0.1, -0.05) is 0 Å². The van der Waals surface area contributed by atoms with Crippen LogP contribution in [0.2, 0.25) is 0 Å². The fourth-order valence-electron chi connectivity index (χ4n) is 1.48. The summed E-state index contributed by atoms with van der Waals surface area (Å²) in [6.07, 6.45) is 0. The molecule has 1 aliphatic rings. The lowest BCUT2D eigenvalue weighted by molar-refractivity contribution is -0.162. The number of aliphatic hydroxyl groups is 1. The summed E-state index contributed by atoms with van der Waals surface area (Å²) in [7, 11) is 3.17. The number of nitrogens with one attached hydrogen (secondary N) is 1. The van der Waals surface area contributed by atoms with Crippen molar-refractivity contribution in [1.82, 2.24) is 10.2 Å². The molecule has 0 amide bonds. The summed E-state index contributed by atoms with van der Waals surface area (Å²) in [6, 6.07) is 0.408. The normalized spacial score (nSPS) is 21.5. The summed E-state index contributed by atoms with van der Waals surface area (Å²) in [6.45, 7) is 3.59. The van der Waals surface area contributed by atoms with Crippen molar-refractivity contribution in [3.63, 3.8) is 0 Å². The van der Waals surface area contributed by atoms with E-state index < -0.39 is 11.6 Å². The van der Waals surface area contributed by atoms with Crippen molar-refractivity contribution < 1.29 is 14.6 Å². The van der Waals surface area contributed by atoms with Crippen LogP contribution in [0.3, 0.4) is 0 Å². The number of rotatable bonds is 4. The third-order valence-corrected chi connectivity index (χ3v) is 2.57. The molecule has 0 aliphatic carbocycles. The maximum atomic E-state index is 11.2. The molecule has 1 unspecified atom stereocenters. The van der Waals surface area contributed by atoms with E-state index >= 15 is 0 Å². The van der Waals surface area contributed by atoms with E-state index in [-0.39, 0.29) is 0 Å². The predicted molar refractivity (Wildman–Crippen MR) is 51.9 cm³/mol. The van der Waals surface area contributed by atoms with Gasteiger partial charge in [-0.05, 0) is 14.0 Å². The first-order chi connectivity index (χ1) is 6.47. The fraction of sp³-hybridized carbons (Fsp3) is 0.889. The minimum absolute atomic E-state index is 0.298.